The van der Waals surface area contributed by atoms with Gasteiger partial charge in [0.15, 0.2) is 11.5 Å². The van der Waals surface area contributed by atoms with E-state index in [0.29, 0.717) is 23.6 Å². The van der Waals surface area contributed by atoms with Gasteiger partial charge in [-0.3, -0.25) is 19.8 Å². The van der Waals surface area contributed by atoms with Crippen LogP contribution in [0.4, 0.5) is 5.69 Å². The fraction of sp³-hybridized carbons (Fsp3) is 0.409. The number of nitro benzene ring substituents is 1. The summed E-state index contributed by atoms with van der Waals surface area (Å²) in [6, 6.07) is 11.9. The molecule has 1 saturated carbocycles. The molecule has 2 aromatic rings. The molecule has 4 rings (SSSR count). The van der Waals surface area contributed by atoms with Crippen molar-refractivity contribution in [1.29, 1.82) is 0 Å². The fourth-order valence-corrected chi connectivity index (χ4v) is 4.22. The number of likely N-dealkylation sites (N-methyl/N-ethyl adjacent to an activating group) is 1. The number of fused-ring (bicyclic) bond motifs is 1. The number of carbonyl (C=O) groups is 1. The van der Waals surface area contributed by atoms with Gasteiger partial charge in [0.2, 0.25) is 12.7 Å². The summed E-state index contributed by atoms with van der Waals surface area (Å²) in [5.41, 5.74) is 1.17. The van der Waals surface area contributed by atoms with E-state index in [1.807, 2.05) is 35.2 Å². The average molecular weight is 411 g/mol. The van der Waals surface area contributed by atoms with Gasteiger partial charge in [0.25, 0.3) is 5.69 Å². The van der Waals surface area contributed by atoms with Crippen LogP contribution in [-0.4, -0.2) is 35.6 Å². The highest BCUT2D eigenvalue weighted by atomic mass is 16.7. The first-order chi connectivity index (χ1) is 14.5. The van der Waals surface area contributed by atoms with Gasteiger partial charge in [0.1, 0.15) is 6.04 Å². The smallest absolute Gasteiger partial charge is 0.278 e. The van der Waals surface area contributed by atoms with Gasteiger partial charge in [0.05, 0.1) is 16.6 Å². The standard InChI is InChI=1S/C22H25N3O5/c1-24(13-15-7-3-2-4-8-15)21(22(26)23-16-9-5-6-10-16)17-11-19-20(30-14-29-19)12-18(17)25(27)28/h2-4,7-8,11-12,16,21H,5-6,9-10,13-14H2,1H3,(H,23,26)/t21-/m0/s1. The van der Waals surface area contributed by atoms with Crippen molar-refractivity contribution in [3.8, 4) is 11.5 Å². The van der Waals surface area contributed by atoms with Gasteiger partial charge in [-0.15, -0.1) is 0 Å². The minimum atomic E-state index is -0.833. The lowest BCUT2D eigenvalue weighted by atomic mass is 10.00. The van der Waals surface area contributed by atoms with Crippen molar-refractivity contribution in [1.82, 2.24) is 10.2 Å². The second kappa shape index (κ2) is 8.71. The molecule has 30 heavy (non-hydrogen) atoms. The van der Waals surface area contributed by atoms with Crippen molar-refractivity contribution >= 4 is 11.6 Å². The zero-order valence-corrected chi connectivity index (χ0v) is 16.9. The van der Waals surface area contributed by atoms with Crippen LogP contribution in [0.3, 0.4) is 0 Å². The maximum absolute atomic E-state index is 13.4. The van der Waals surface area contributed by atoms with Crippen LogP contribution in [0, 0.1) is 10.1 Å². The number of hydrogen-bond acceptors (Lipinski definition) is 6. The highest BCUT2D eigenvalue weighted by Crippen LogP contribution is 2.41. The summed E-state index contributed by atoms with van der Waals surface area (Å²) < 4.78 is 10.7. The molecule has 1 atom stereocenters. The third-order valence-corrected chi connectivity index (χ3v) is 5.68. The van der Waals surface area contributed by atoms with Gasteiger partial charge in [0, 0.05) is 12.6 Å². The Morgan fingerprint density at radius 2 is 1.87 bits per heavy atom. The molecule has 8 heteroatoms. The molecule has 0 bridgehead atoms. The number of benzene rings is 2. The van der Waals surface area contributed by atoms with Crippen molar-refractivity contribution in [2.24, 2.45) is 0 Å². The highest BCUT2D eigenvalue weighted by molar-refractivity contribution is 5.85. The molecule has 0 spiro atoms. The first-order valence-electron chi connectivity index (χ1n) is 10.2. The summed E-state index contributed by atoms with van der Waals surface area (Å²) in [6.07, 6.45) is 4.04. The Morgan fingerprint density at radius 1 is 1.20 bits per heavy atom. The lowest BCUT2D eigenvalue weighted by Gasteiger charge is -2.28. The Morgan fingerprint density at radius 3 is 2.53 bits per heavy atom. The maximum atomic E-state index is 13.4. The van der Waals surface area contributed by atoms with Crippen LogP contribution in [0.2, 0.25) is 0 Å². The third-order valence-electron chi connectivity index (χ3n) is 5.68. The van der Waals surface area contributed by atoms with Crippen molar-refractivity contribution in [3.63, 3.8) is 0 Å². The first-order valence-corrected chi connectivity index (χ1v) is 10.2. The molecule has 2 aliphatic rings. The Balaban J connectivity index is 1.70. The molecule has 0 saturated heterocycles. The van der Waals surface area contributed by atoms with Crippen LogP contribution in [0.25, 0.3) is 0 Å². The summed E-state index contributed by atoms with van der Waals surface area (Å²) >= 11 is 0. The lowest BCUT2D eigenvalue weighted by Crippen LogP contribution is -2.42. The quantitative estimate of drug-likeness (QED) is 0.553. The second-order valence-corrected chi connectivity index (χ2v) is 7.81. The molecule has 2 aromatic carbocycles. The van der Waals surface area contributed by atoms with Gasteiger partial charge in [-0.1, -0.05) is 43.2 Å². The monoisotopic (exact) mass is 411 g/mol. The number of carbonyl (C=O) groups excluding carboxylic acids is 1. The Labute approximate surface area is 174 Å². The number of rotatable bonds is 7. The van der Waals surface area contributed by atoms with Crippen molar-refractivity contribution in [3.05, 3.63) is 63.7 Å². The van der Waals surface area contributed by atoms with E-state index in [1.54, 1.807) is 13.1 Å². The zero-order chi connectivity index (χ0) is 21.1. The normalized spacial score (nSPS) is 16.6. The predicted octanol–water partition coefficient (Wildman–Crippen LogP) is 3.56. The van der Waals surface area contributed by atoms with Crippen LogP contribution in [-0.2, 0) is 11.3 Å². The van der Waals surface area contributed by atoms with E-state index in [1.165, 1.54) is 6.07 Å². The Kier molecular flexibility index (Phi) is 5.85. The summed E-state index contributed by atoms with van der Waals surface area (Å²) in [4.78, 5) is 26.6. The molecule has 0 unspecified atom stereocenters. The molecule has 1 heterocycles. The SMILES string of the molecule is CN(Cc1ccccc1)[C@H](C(=O)NC1CCCC1)c1cc2c(cc1[N+](=O)[O-])OCO2. The number of ether oxygens (including phenoxy) is 2. The minimum Gasteiger partial charge on any atom is -0.454 e. The molecular formula is C22H25N3O5. The van der Waals surface area contributed by atoms with E-state index in [0.717, 1.165) is 31.2 Å². The van der Waals surface area contributed by atoms with Crippen LogP contribution in [0.15, 0.2) is 42.5 Å². The molecule has 0 radical (unpaired) electrons. The average Bonchev–Trinajstić information content (AvgIpc) is 3.39. The minimum absolute atomic E-state index is 0.00866. The van der Waals surface area contributed by atoms with E-state index in [2.05, 4.69) is 5.32 Å². The Hall–Kier alpha value is -3.13. The summed E-state index contributed by atoms with van der Waals surface area (Å²) in [6.45, 7) is 0.476. The van der Waals surface area contributed by atoms with Crippen molar-refractivity contribution in [2.75, 3.05) is 13.8 Å². The largest absolute Gasteiger partial charge is 0.454 e. The third kappa shape index (κ3) is 4.23. The van der Waals surface area contributed by atoms with E-state index in [4.69, 9.17) is 9.47 Å². The second-order valence-electron chi connectivity index (χ2n) is 7.81. The van der Waals surface area contributed by atoms with Gasteiger partial charge in [-0.2, -0.15) is 0 Å². The summed E-state index contributed by atoms with van der Waals surface area (Å²) in [5, 5.41) is 14.9. The first kappa shape index (κ1) is 20.2. The van der Waals surface area contributed by atoms with Gasteiger partial charge < -0.3 is 14.8 Å². The Bertz CT molecular complexity index is 928. The molecule has 1 amide bonds. The summed E-state index contributed by atoms with van der Waals surface area (Å²) in [7, 11) is 1.81. The molecule has 1 fully saturated rings. The van der Waals surface area contributed by atoms with Gasteiger partial charge >= 0.3 is 0 Å². The molecule has 1 aliphatic heterocycles. The topological polar surface area (TPSA) is 93.9 Å². The molecule has 158 valence electrons. The van der Waals surface area contributed by atoms with E-state index in [9.17, 15) is 14.9 Å². The van der Waals surface area contributed by atoms with Crippen LogP contribution < -0.4 is 14.8 Å². The van der Waals surface area contributed by atoms with E-state index >= 15 is 0 Å². The number of nitrogens with zero attached hydrogens (tertiary/aromatic N) is 2. The van der Waals surface area contributed by atoms with Crippen molar-refractivity contribution < 1.29 is 19.2 Å². The number of amides is 1. The number of nitrogens with one attached hydrogen (secondary N) is 1. The number of nitro groups is 1. The lowest BCUT2D eigenvalue weighted by molar-refractivity contribution is -0.385. The molecule has 1 aliphatic carbocycles. The van der Waals surface area contributed by atoms with Gasteiger partial charge in [-0.25, -0.2) is 0 Å². The fourth-order valence-electron chi connectivity index (χ4n) is 4.22. The molecule has 1 N–H and O–H groups in total. The highest BCUT2D eigenvalue weighted by Gasteiger charge is 2.35. The predicted molar refractivity (Wildman–Crippen MR) is 110 cm³/mol. The van der Waals surface area contributed by atoms with Crippen LogP contribution in [0.5, 0.6) is 11.5 Å². The molecule has 0 aromatic heterocycles. The maximum Gasteiger partial charge on any atom is 0.278 e. The molecule has 8 nitrogen and oxygen atoms in total. The van der Waals surface area contributed by atoms with Crippen LogP contribution in [0.1, 0.15) is 42.9 Å². The van der Waals surface area contributed by atoms with Gasteiger partial charge in [-0.05, 0) is 31.5 Å². The van der Waals surface area contributed by atoms with E-state index in [-0.39, 0.29) is 24.4 Å². The van der Waals surface area contributed by atoms with Crippen molar-refractivity contribution in [2.45, 2.75) is 44.3 Å². The van der Waals surface area contributed by atoms with Crippen LogP contribution >= 0.6 is 0 Å². The zero-order valence-electron chi connectivity index (χ0n) is 16.9. The number of hydrogen-bond donors (Lipinski definition) is 1. The van der Waals surface area contributed by atoms with E-state index < -0.39 is 11.0 Å². The molecular weight excluding hydrogens is 386 g/mol. The summed E-state index contributed by atoms with van der Waals surface area (Å²) in [5.74, 6) is 0.510.